The molecule has 1 rings (SSSR count). The minimum absolute atomic E-state index is 0.0689. The van der Waals surface area contributed by atoms with Gasteiger partial charge in [-0.1, -0.05) is 26.8 Å². The lowest BCUT2D eigenvalue weighted by Crippen LogP contribution is -2.27. The number of nitrogens with two attached hydrogens (primary N) is 1. The number of amides is 2. The maximum Gasteiger partial charge on any atom is 0.229 e. The van der Waals surface area contributed by atoms with Gasteiger partial charge in [-0.3, -0.25) is 9.59 Å². The number of hydrogen-bond acceptors (Lipinski definition) is 3. The van der Waals surface area contributed by atoms with Crippen molar-refractivity contribution < 1.29 is 9.59 Å². The molecule has 0 aromatic heterocycles. The molecular weight excluding hydrogens is 254 g/mol. The summed E-state index contributed by atoms with van der Waals surface area (Å²) >= 11 is 0. The summed E-state index contributed by atoms with van der Waals surface area (Å²) < 4.78 is 0. The van der Waals surface area contributed by atoms with Crippen LogP contribution in [0.2, 0.25) is 0 Å². The molecular formula is C15H23N3O2. The van der Waals surface area contributed by atoms with E-state index in [9.17, 15) is 9.59 Å². The van der Waals surface area contributed by atoms with Crippen LogP contribution in [0.3, 0.4) is 0 Å². The Hall–Kier alpha value is -1.88. The fourth-order valence-corrected chi connectivity index (χ4v) is 1.50. The molecule has 0 aliphatic carbocycles. The fourth-order valence-electron chi connectivity index (χ4n) is 1.50. The third-order valence-corrected chi connectivity index (χ3v) is 2.82. The second kappa shape index (κ2) is 6.52. The Kier molecular flexibility index (Phi) is 5.27. The molecule has 0 aliphatic heterocycles. The van der Waals surface area contributed by atoms with Crippen LogP contribution in [0.15, 0.2) is 18.2 Å². The Balaban J connectivity index is 2.86. The maximum absolute atomic E-state index is 11.9. The first-order valence-electron chi connectivity index (χ1n) is 6.66. The van der Waals surface area contributed by atoms with Gasteiger partial charge in [-0.2, -0.15) is 0 Å². The highest BCUT2D eigenvalue weighted by molar-refractivity contribution is 5.96. The lowest BCUT2D eigenvalue weighted by atomic mass is 9.95. The standard InChI is InChI=1S/C15H23N3O2/c1-10-5-6-11(17-14(20)15(2,3)4)9-12(10)18-13(19)7-8-16/h5-6,9H,7-8,16H2,1-4H3,(H,17,20)(H,18,19). The Morgan fingerprint density at radius 3 is 2.40 bits per heavy atom. The second-order valence-corrected chi connectivity index (χ2v) is 5.82. The van der Waals surface area contributed by atoms with Gasteiger partial charge in [-0.05, 0) is 24.6 Å². The van der Waals surface area contributed by atoms with E-state index in [0.717, 1.165) is 5.56 Å². The number of carbonyl (C=O) groups excluding carboxylic acids is 2. The van der Waals surface area contributed by atoms with Crippen molar-refractivity contribution in [3.63, 3.8) is 0 Å². The average molecular weight is 277 g/mol. The van der Waals surface area contributed by atoms with Crippen molar-refractivity contribution in [3.8, 4) is 0 Å². The molecule has 1 aromatic carbocycles. The van der Waals surface area contributed by atoms with Gasteiger partial charge < -0.3 is 16.4 Å². The predicted octanol–water partition coefficient (Wildman–Crippen LogP) is 2.27. The summed E-state index contributed by atoms with van der Waals surface area (Å²) in [6.45, 7) is 7.75. The Morgan fingerprint density at radius 1 is 1.20 bits per heavy atom. The number of benzene rings is 1. The number of anilines is 2. The molecule has 0 atom stereocenters. The number of nitrogens with one attached hydrogen (secondary N) is 2. The fraction of sp³-hybridized carbons (Fsp3) is 0.467. The van der Waals surface area contributed by atoms with Crippen LogP contribution in [0.5, 0.6) is 0 Å². The molecule has 0 bridgehead atoms. The zero-order valence-corrected chi connectivity index (χ0v) is 12.5. The quantitative estimate of drug-likeness (QED) is 0.789. The van der Waals surface area contributed by atoms with E-state index in [1.54, 1.807) is 6.07 Å². The Labute approximate surface area is 119 Å². The summed E-state index contributed by atoms with van der Waals surface area (Å²) in [5.41, 5.74) is 7.17. The van der Waals surface area contributed by atoms with Crippen molar-refractivity contribution in [2.75, 3.05) is 17.2 Å². The minimum Gasteiger partial charge on any atom is -0.330 e. The maximum atomic E-state index is 11.9. The Morgan fingerprint density at radius 2 is 1.85 bits per heavy atom. The normalized spacial score (nSPS) is 11.1. The van der Waals surface area contributed by atoms with Crippen LogP contribution in [0.4, 0.5) is 11.4 Å². The average Bonchev–Trinajstić information content (AvgIpc) is 2.32. The summed E-state index contributed by atoms with van der Waals surface area (Å²) in [4.78, 5) is 23.5. The van der Waals surface area contributed by atoms with E-state index in [2.05, 4.69) is 10.6 Å². The minimum atomic E-state index is -0.464. The second-order valence-electron chi connectivity index (χ2n) is 5.82. The lowest BCUT2D eigenvalue weighted by Gasteiger charge is -2.18. The van der Waals surface area contributed by atoms with E-state index < -0.39 is 5.41 Å². The van der Waals surface area contributed by atoms with Gasteiger partial charge in [0, 0.05) is 29.8 Å². The van der Waals surface area contributed by atoms with E-state index in [-0.39, 0.29) is 18.2 Å². The highest BCUT2D eigenvalue weighted by Crippen LogP contribution is 2.23. The van der Waals surface area contributed by atoms with Crippen molar-refractivity contribution in [3.05, 3.63) is 23.8 Å². The van der Waals surface area contributed by atoms with Crippen molar-refractivity contribution in [2.24, 2.45) is 11.1 Å². The van der Waals surface area contributed by atoms with E-state index >= 15 is 0 Å². The third-order valence-electron chi connectivity index (χ3n) is 2.82. The van der Waals surface area contributed by atoms with E-state index in [1.165, 1.54) is 0 Å². The van der Waals surface area contributed by atoms with E-state index in [0.29, 0.717) is 17.9 Å². The van der Waals surface area contributed by atoms with Gasteiger partial charge in [0.25, 0.3) is 0 Å². The van der Waals surface area contributed by atoms with Crippen LogP contribution < -0.4 is 16.4 Å². The summed E-state index contributed by atoms with van der Waals surface area (Å²) in [5, 5.41) is 5.63. The lowest BCUT2D eigenvalue weighted by molar-refractivity contribution is -0.123. The highest BCUT2D eigenvalue weighted by Gasteiger charge is 2.21. The summed E-state index contributed by atoms with van der Waals surface area (Å²) in [5.74, 6) is -0.199. The number of carbonyl (C=O) groups is 2. The zero-order valence-electron chi connectivity index (χ0n) is 12.5. The molecule has 20 heavy (non-hydrogen) atoms. The van der Waals surface area contributed by atoms with Crippen LogP contribution in [0, 0.1) is 12.3 Å². The molecule has 4 N–H and O–H groups in total. The van der Waals surface area contributed by atoms with Crippen molar-refractivity contribution in [1.82, 2.24) is 0 Å². The largest absolute Gasteiger partial charge is 0.330 e. The molecule has 0 aliphatic rings. The first-order valence-corrected chi connectivity index (χ1v) is 6.66. The number of aryl methyl sites for hydroxylation is 1. The van der Waals surface area contributed by atoms with Gasteiger partial charge in [-0.15, -0.1) is 0 Å². The van der Waals surface area contributed by atoms with Gasteiger partial charge in [0.05, 0.1) is 0 Å². The molecule has 0 fully saturated rings. The van der Waals surface area contributed by atoms with Gasteiger partial charge in [0.2, 0.25) is 11.8 Å². The third kappa shape index (κ3) is 4.66. The van der Waals surface area contributed by atoms with Crippen LogP contribution in [-0.4, -0.2) is 18.4 Å². The SMILES string of the molecule is Cc1ccc(NC(=O)C(C)(C)C)cc1NC(=O)CCN. The number of rotatable bonds is 4. The Bertz CT molecular complexity index is 504. The number of hydrogen-bond donors (Lipinski definition) is 3. The van der Waals surface area contributed by atoms with Gasteiger partial charge in [-0.25, -0.2) is 0 Å². The molecule has 5 nitrogen and oxygen atoms in total. The smallest absolute Gasteiger partial charge is 0.229 e. The topological polar surface area (TPSA) is 84.2 Å². The first-order chi connectivity index (χ1) is 9.24. The van der Waals surface area contributed by atoms with Crippen LogP contribution in [-0.2, 0) is 9.59 Å². The summed E-state index contributed by atoms with van der Waals surface area (Å²) in [7, 11) is 0. The van der Waals surface area contributed by atoms with Gasteiger partial charge in [0.1, 0.15) is 0 Å². The van der Waals surface area contributed by atoms with Crippen molar-refractivity contribution in [1.29, 1.82) is 0 Å². The molecule has 5 heteroatoms. The van der Waals surface area contributed by atoms with Crippen molar-refractivity contribution in [2.45, 2.75) is 34.1 Å². The zero-order chi connectivity index (χ0) is 15.3. The molecule has 0 heterocycles. The molecule has 0 spiro atoms. The van der Waals surface area contributed by atoms with E-state index in [4.69, 9.17) is 5.73 Å². The van der Waals surface area contributed by atoms with Gasteiger partial charge >= 0.3 is 0 Å². The first kappa shape index (κ1) is 16.2. The predicted molar refractivity (Wildman–Crippen MR) is 81.6 cm³/mol. The molecule has 0 radical (unpaired) electrons. The highest BCUT2D eigenvalue weighted by atomic mass is 16.2. The molecule has 1 aromatic rings. The summed E-state index contributed by atoms with van der Waals surface area (Å²) in [6, 6.07) is 5.43. The van der Waals surface area contributed by atoms with Crippen molar-refractivity contribution >= 4 is 23.2 Å². The summed E-state index contributed by atoms with van der Waals surface area (Å²) in [6.07, 6.45) is 0.276. The van der Waals surface area contributed by atoms with Crippen LogP contribution in [0.1, 0.15) is 32.8 Å². The van der Waals surface area contributed by atoms with Gasteiger partial charge in [0.15, 0.2) is 0 Å². The molecule has 0 saturated carbocycles. The molecule has 110 valence electrons. The van der Waals surface area contributed by atoms with Crippen LogP contribution >= 0.6 is 0 Å². The molecule has 2 amide bonds. The monoisotopic (exact) mass is 277 g/mol. The van der Waals surface area contributed by atoms with Crippen LogP contribution in [0.25, 0.3) is 0 Å². The van der Waals surface area contributed by atoms with E-state index in [1.807, 2.05) is 39.8 Å². The molecule has 0 unspecified atom stereocenters. The molecule has 0 saturated heterocycles.